The summed E-state index contributed by atoms with van der Waals surface area (Å²) in [6.07, 6.45) is 2.05. The van der Waals surface area contributed by atoms with E-state index in [2.05, 4.69) is 9.97 Å². The average Bonchev–Trinajstić information content (AvgIpc) is 2.31. The molecule has 6 heteroatoms. The Kier molecular flexibility index (Phi) is 4.41. The summed E-state index contributed by atoms with van der Waals surface area (Å²) in [4.78, 5) is 10.2. The fourth-order valence-corrected chi connectivity index (χ4v) is 2.34. The number of anilines is 1. The standard InChI is InChI=1S/C12H18F2N4/c13-10(14)8-18-5-2-9(3-6-18)7-12-16-4-1-11(15)17-12/h1,4,9-10H,2-3,5-8H2,(H2,15,16,17). The lowest BCUT2D eigenvalue weighted by molar-refractivity contribution is 0.0689. The molecule has 1 aliphatic rings. The zero-order chi connectivity index (χ0) is 13.0. The van der Waals surface area contributed by atoms with Crippen LogP contribution in [0.15, 0.2) is 12.3 Å². The van der Waals surface area contributed by atoms with Gasteiger partial charge in [-0.05, 0) is 37.9 Å². The smallest absolute Gasteiger partial charge is 0.251 e. The van der Waals surface area contributed by atoms with E-state index in [0.717, 1.165) is 38.2 Å². The Hall–Kier alpha value is -1.30. The van der Waals surface area contributed by atoms with Crippen LogP contribution in [0.1, 0.15) is 18.7 Å². The van der Waals surface area contributed by atoms with Gasteiger partial charge in [0.2, 0.25) is 0 Å². The molecule has 1 aromatic rings. The highest BCUT2D eigenvalue weighted by molar-refractivity contribution is 5.25. The number of piperidine rings is 1. The summed E-state index contributed by atoms with van der Waals surface area (Å²) < 4.78 is 24.5. The quantitative estimate of drug-likeness (QED) is 0.888. The number of hydrogen-bond acceptors (Lipinski definition) is 4. The molecule has 1 saturated heterocycles. The third-order valence-corrected chi connectivity index (χ3v) is 3.30. The number of alkyl halides is 2. The predicted octanol–water partition coefficient (Wildman–Crippen LogP) is 1.58. The van der Waals surface area contributed by atoms with E-state index < -0.39 is 6.43 Å². The molecule has 0 spiro atoms. The summed E-state index contributed by atoms with van der Waals surface area (Å²) in [6, 6.07) is 1.66. The molecule has 2 N–H and O–H groups in total. The van der Waals surface area contributed by atoms with Gasteiger partial charge in [0.15, 0.2) is 0 Å². The van der Waals surface area contributed by atoms with Crippen LogP contribution in [0.4, 0.5) is 14.6 Å². The van der Waals surface area contributed by atoms with E-state index in [0.29, 0.717) is 11.7 Å². The van der Waals surface area contributed by atoms with Gasteiger partial charge in [-0.25, -0.2) is 18.7 Å². The summed E-state index contributed by atoms with van der Waals surface area (Å²) in [5, 5.41) is 0. The molecule has 0 radical (unpaired) electrons. The Morgan fingerprint density at radius 3 is 2.72 bits per heavy atom. The number of nitrogens with zero attached hydrogens (tertiary/aromatic N) is 3. The first-order valence-corrected chi connectivity index (χ1v) is 6.21. The van der Waals surface area contributed by atoms with E-state index in [4.69, 9.17) is 5.73 Å². The van der Waals surface area contributed by atoms with Crippen LogP contribution >= 0.6 is 0 Å². The Balaban J connectivity index is 1.80. The van der Waals surface area contributed by atoms with E-state index >= 15 is 0 Å². The monoisotopic (exact) mass is 256 g/mol. The maximum Gasteiger partial charge on any atom is 0.251 e. The number of nitrogens with two attached hydrogens (primary N) is 1. The third kappa shape index (κ3) is 3.87. The van der Waals surface area contributed by atoms with Crippen molar-refractivity contribution in [3.8, 4) is 0 Å². The van der Waals surface area contributed by atoms with E-state index in [1.54, 1.807) is 12.3 Å². The second-order valence-electron chi connectivity index (χ2n) is 4.74. The van der Waals surface area contributed by atoms with Crippen LogP contribution in [0, 0.1) is 5.92 Å². The first-order chi connectivity index (χ1) is 8.63. The summed E-state index contributed by atoms with van der Waals surface area (Å²) >= 11 is 0. The number of rotatable bonds is 4. The topological polar surface area (TPSA) is 55.0 Å². The van der Waals surface area contributed by atoms with Crippen molar-refractivity contribution in [3.05, 3.63) is 18.1 Å². The van der Waals surface area contributed by atoms with Crippen LogP contribution in [0.25, 0.3) is 0 Å². The minimum atomic E-state index is -2.24. The van der Waals surface area contributed by atoms with Gasteiger partial charge in [0.05, 0.1) is 6.54 Å². The van der Waals surface area contributed by atoms with Gasteiger partial charge in [-0.3, -0.25) is 4.90 Å². The molecule has 0 amide bonds. The minimum absolute atomic E-state index is 0.110. The van der Waals surface area contributed by atoms with Crippen molar-refractivity contribution in [3.63, 3.8) is 0 Å². The van der Waals surface area contributed by atoms with Crippen LogP contribution in [-0.4, -0.2) is 40.9 Å². The second kappa shape index (κ2) is 6.04. The maximum atomic E-state index is 12.2. The largest absolute Gasteiger partial charge is 0.384 e. The van der Waals surface area contributed by atoms with Gasteiger partial charge in [-0.1, -0.05) is 0 Å². The van der Waals surface area contributed by atoms with Gasteiger partial charge in [0, 0.05) is 12.6 Å². The van der Waals surface area contributed by atoms with Gasteiger partial charge >= 0.3 is 0 Å². The van der Waals surface area contributed by atoms with Crippen LogP contribution in [0.2, 0.25) is 0 Å². The Bertz CT molecular complexity index is 378. The van der Waals surface area contributed by atoms with Crippen molar-refractivity contribution in [2.45, 2.75) is 25.7 Å². The Labute approximate surface area is 105 Å². The lowest BCUT2D eigenvalue weighted by atomic mass is 9.93. The van der Waals surface area contributed by atoms with Crippen molar-refractivity contribution >= 4 is 5.82 Å². The van der Waals surface area contributed by atoms with Gasteiger partial charge in [0.25, 0.3) is 6.43 Å². The molecule has 100 valence electrons. The SMILES string of the molecule is Nc1ccnc(CC2CCN(CC(F)F)CC2)n1. The molecule has 2 heterocycles. The first-order valence-electron chi connectivity index (χ1n) is 6.21. The molecule has 0 bridgehead atoms. The second-order valence-corrected chi connectivity index (χ2v) is 4.74. The van der Waals surface area contributed by atoms with Crippen LogP contribution in [-0.2, 0) is 6.42 Å². The highest BCUT2D eigenvalue weighted by Crippen LogP contribution is 2.21. The molecule has 0 atom stereocenters. The van der Waals surface area contributed by atoms with Crippen molar-refractivity contribution in [1.82, 2.24) is 14.9 Å². The Morgan fingerprint density at radius 2 is 2.11 bits per heavy atom. The number of nitrogen functional groups attached to an aromatic ring is 1. The summed E-state index contributed by atoms with van der Waals surface area (Å²) in [7, 11) is 0. The number of likely N-dealkylation sites (tertiary alicyclic amines) is 1. The van der Waals surface area contributed by atoms with Crippen molar-refractivity contribution in [2.75, 3.05) is 25.4 Å². The molecule has 18 heavy (non-hydrogen) atoms. The normalized spacial score (nSPS) is 18.4. The van der Waals surface area contributed by atoms with Gasteiger partial charge in [0.1, 0.15) is 11.6 Å². The summed E-state index contributed by atoms with van der Waals surface area (Å²) in [5.41, 5.74) is 5.60. The van der Waals surface area contributed by atoms with Crippen molar-refractivity contribution in [1.29, 1.82) is 0 Å². The van der Waals surface area contributed by atoms with Gasteiger partial charge < -0.3 is 5.73 Å². The van der Waals surface area contributed by atoms with Crippen LogP contribution in [0.3, 0.4) is 0 Å². The fraction of sp³-hybridized carbons (Fsp3) is 0.667. The van der Waals surface area contributed by atoms with E-state index in [1.807, 2.05) is 4.90 Å². The molecule has 0 aromatic carbocycles. The summed E-state index contributed by atoms with van der Waals surface area (Å²) in [6.45, 7) is 1.36. The molecule has 1 aliphatic heterocycles. The predicted molar refractivity (Wildman–Crippen MR) is 65.3 cm³/mol. The molecule has 4 nitrogen and oxygen atoms in total. The van der Waals surface area contributed by atoms with Crippen LogP contribution in [0.5, 0.6) is 0 Å². The van der Waals surface area contributed by atoms with E-state index in [-0.39, 0.29) is 6.54 Å². The average molecular weight is 256 g/mol. The Morgan fingerprint density at radius 1 is 1.39 bits per heavy atom. The third-order valence-electron chi connectivity index (χ3n) is 3.30. The van der Waals surface area contributed by atoms with E-state index in [1.165, 1.54) is 0 Å². The van der Waals surface area contributed by atoms with Gasteiger partial charge in [-0.2, -0.15) is 0 Å². The van der Waals surface area contributed by atoms with E-state index in [9.17, 15) is 8.78 Å². The zero-order valence-corrected chi connectivity index (χ0v) is 10.2. The molecule has 1 aromatic heterocycles. The molecule has 1 fully saturated rings. The van der Waals surface area contributed by atoms with Gasteiger partial charge in [-0.15, -0.1) is 0 Å². The maximum absolute atomic E-state index is 12.2. The number of aromatic nitrogens is 2. The molecule has 0 unspecified atom stereocenters. The van der Waals surface area contributed by atoms with Crippen molar-refractivity contribution in [2.24, 2.45) is 5.92 Å². The fourth-order valence-electron chi connectivity index (χ4n) is 2.34. The number of hydrogen-bond donors (Lipinski definition) is 1. The minimum Gasteiger partial charge on any atom is -0.384 e. The highest BCUT2D eigenvalue weighted by atomic mass is 19.3. The van der Waals surface area contributed by atoms with Crippen LogP contribution < -0.4 is 5.73 Å². The molecular formula is C12H18F2N4. The molecule has 0 saturated carbocycles. The lowest BCUT2D eigenvalue weighted by Crippen LogP contribution is -2.37. The zero-order valence-electron chi connectivity index (χ0n) is 10.2. The number of halogens is 2. The van der Waals surface area contributed by atoms with Crippen molar-refractivity contribution < 1.29 is 8.78 Å². The molecular weight excluding hydrogens is 238 g/mol. The highest BCUT2D eigenvalue weighted by Gasteiger charge is 2.22. The molecule has 0 aliphatic carbocycles. The molecule has 2 rings (SSSR count). The summed E-state index contributed by atoms with van der Waals surface area (Å²) in [5.74, 6) is 1.71. The lowest BCUT2D eigenvalue weighted by Gasteiger charge is -2.31. The first kappa shape index (κ1) is 13.1.